The molecule has 10 heteroatoms. The zero-order valence-corrected chi connectivity index (χ0v) is 16.2. The Labute approximate surface area is 169 Å². The lowest BCUT2D eigenvalue weighted by molar-refractivity contribution is -0.384. The van der Waals surface area contributed by atoms with Crippen LogP contribution < -0.4 is 5.32 Å². The second-order valence-electron chi connectivity index (χ2n) is 6.11. The molecule has 0 radical (unpaired) electrons. The van der Waals surface area contributed by atoms with Crippen LogP contribution in [0.5, 0.6) is 0 Å². The van der Waals surface area contributed by atoms with E-state index in [-0.39, 0.29) is 28.5 Å². The molecular formula is C19H17FN4O4S. The molecule has 29 heavy (non-hydrogen) atoms. The Kier molecular flexibility index (Phi) is 6.55. The van der Waals surface area contributed by atoms with Gasteiger partial charge >= 0.3 is 0 Å². The number of thioether (sulfide) groups is 1. The zero-order valence-electron chi connectivity index (χ0n) is 15.4. The number of amides is 1. The smallest absolute Gasteiger partial charge is 0.277 e. The minimum Gasteiger partial charge on any atom is -0.411 e. The van der Waals surface area contributed by atoms with E-state index in [1.54, 1.807) is 25.1 Å². The fraction of sp³-hybridized carbons (Fsp3) is 0.211. The molecule has 1 N–H and O–H groups in total. The summed E-state index contributed by atoms with van der Waals surface area (Å²) in [5.74, 6) is -0.362. The third kappa shape index (κ3) is 5.61. The molecule has 0 saturated carbocycles. The molecule has 0 unspecified atom stereocenters. The standard InChI is InChI=1S/C19H17FN4O4S/c1-12(17(25)21-10-9-13-5-7-15(20)8-6-13)29-19-23-22-18(28-19)14-3-2-4-16(11-14)24(26)27/h2-8,11-12H,9-10H2,1H3,(H,21,25)/t12-/m1/s1. The van der Waals surface area contributed by atoms with Crippen LogP contribution in [0.1, 0.15) is 12.5 Å². The number of halogens is 1. The maximum atomic E-state index is 12.9. The molecule has 3 rings (SSSR count). The molecule has 0 fully saturated rings. The molecular weight excluding hydrogens is 399 g/mol. The van der Waals surface area contributed by atoms with Crippen molar-refractivity contribution in [1.82, 2.24) is 15.5 Å². The minimum atomic E-state index is -0.506. The van der Waals surface area contributed by atoms with Crippen molar-refractivity contribution in [2.45, 2.75) is 23.8 Å². The number of carbonyl (C=O) groups is 1. The fourth-order valence-corrected chi connectivity index (χ4v) is 3.16. The molecule has 1 atom stereocenters. The van der Waals surface area contributed by atoms with Crippen molar-refractivity contribution >= 4 is 23.4 Å². The third-order valence-electron chi connectivity index (χ3n) is 3.98. The second-order valence-corrected chi connectivity index (χ2v) is 7.40. The average molecular weight is 416 g/mol. The largest absolute Gasteiger partial charge is 0.411 e. The Morgan fingerprint density at radius 3 is 2.76 bits per heavy atom. The number of benzene rings is 2. The molecule has 0 aliphatic carbocycles. The van der Waals surface area contributed by atoms with Crippen LogP contribution in [0.15, 0.2) is 58.2 Å². The van der Waals surface area contributed by atoms with Crippen LogP contribution in [0.4, 0.5) is 10.1 Å². The number of hydrogen-bond donors (Lipinski definition) is 1. The molecule has 1 heterocycles. The van der Waals surface area contributed by atoms with Crippen LogP contribution in [-0.2, 0) is 11.2 Å². The van der Waals surface area contributed by atoms with E-state index in [1.807, 2.05) is 0 Å². The van der Waals surface area contributed by atoms with Gasteiger partial charge < -0.3 is 9.73 Å². The van der Waals surface area contributed by atoms with Gasteiger partial charge in [-0.1, -0.05) is 30.0 Å². The predicted molar refractivity (Wildman–Crippen MR) is 105 cm³/mol. The third-order valence-corrected chi connectivity index (χ3v) is 4.92. The maximum absolute atomic E-state index is 12.9. The lowest BCUT2D eigenvalue weighted by atomic mass is 10.1. The van der Waals surface area contributed by atoms with Crippen molar-refractivity contribution in [3.8, 4) is 11.5 Å². The van der Waals surface area contributed by atoms with E-state index in [2.05, 4.69) is 15.5 Å². The average Bonchev–Trinajstić information content (AvgIpc) is 3.18. The molecule has 3 aromatic rings. The fourth-order valence-electron chi connectivity index (χ4n) is 2.46. The van der Waals surface area contributed by atoms with E-state index in [0.717, 1.165) is 17.3 Å². The molecule has 150 valence electrons. The van der Waals surface area contributed by atoms with Gasteiger partial charge in [0.1, 0.15) is 5.82 Å². The molecule has 0 spiro atoms. The molecule has 0 saturated heterocycles. The van der Waals surface area contributed by atoms with E-state index in [0.29, 0.717) is 18.5 Å². The van der Waals surface area contributed by atoms with Crippen molar-refractivity contribution in [1.29, 1.82) is 0 Å². The molecule has 8 nitrogen and oxygen atoms in total. The highest BCUT2D eigenvalue weighted by Crippen LogP contribution is 2.27. The summed E-state index contributed by atoms with van der Waals surface area (Å²) in [6, 6.07) is 12.0. The van der Waals surface area contributed by atoms with Gasteiger partial charge in [0.25, 0.3) is 10.9 Å². The Bertz CT molecular complexity index is 1010. The summed E-state index contributed by atoms with van der Waals surface area (Å²) in [6.07, 6.45) is 0.584. The van der Waals surface area contributed by atoms with Crippen molar-refractivity contribution < 1.29 is 18.5 Å². The molecule has 0 aliphatic rings. The number of rotatable bonds is 8. The van der Waals surface area contributed by atoms with Crippen LogP contribution in [0.2, 0.25) is 0 Å². The van der Waals surface area contributed by atoms with Gasteiger partial charge in [-0.25, -0.2) is 4.39 Å². The highest BCUT2D eigenvalue weighted by Gasteiger charge is 2.19. The van der Waals surface area contributed by atoms with Crippen molar-refractivity contribution in [2.75, 3.05) is 6.54 Å². The number of non-ortho nitro benzene ring substituents is 1. The van der Waals surface area contributed by atoms with Gasteiger partial charge in [0.2, 0.25) is 11.8 Å². The molecule has 2 aromatic carbocycles. The summed E-state index contributed by atoms with van der Waals surface area (Å²) < 4.78 is 18.4. The minimum absolute atomic E-state index is 0.0798. The van der Waals surface area contributed by atoms with Crippen molar-refractivity contribution in [3.63, 3.8) is 0 Å². The van der Waals surface area contributed by atoms with Gasteiger partial charge in [0.05, 0.1) is 10.2 Å². The molecule has 1 amide bonds. The quantitative estimate of drug-likeness (QED) is 0.339. The highest BCUT2D eigenvalue weighted by molar-refractivity contribution is 8.00. The first-order valence-corrected chi connectivity index (χ1v) is 9.57. The summed E-state index contributed by atoms with van der Waals surface area (Å²) in [6.45, 7) is 2.12. The summed E-state index contributed by atoms with van der Waals surface area (Å²) in [7, 11) is 0. The topological polar surface area (TPSA) is 111 Å². The first-order chi connectivity index (χ1) is 13.9. The number of hydrogen-bond acceptors (Lipinski definition) is 7. The summed E-state index contributed by atoms with van der Waals surface area (Å²) >= 11 is 1.09. The van der Waals surface area contributed by atoms with Gasteiger partial charge in [-0.2, -0.15) is 0 Å². The van der Waals surface area contributed by atoms with E-state index < -0.39 is 10.2 Å². The molecule has 1 aromatic heterocycles. The number of aromatic nitrogens is 2. The van der Waals surface area contributed by atoms with Crippen LogP contribution in [0.25, 0.3) is 11.5 Å². The maximum Gasteiger partial charge on any atom is 0.277 e. The summed E-state index contributed by atoms with van der Waals surface area (Å²) in [4.78, 5) is 22.6. The van der Waals surface area contributed by atoms with Crippen LogP contribution in [0, 0.1) is 15.9 Å². The van der Waals surface area contributed by atoms with Crippen LogP contribution in [0.3, 0.4) is 0 Å². The van der Waals surface area contributed by atoms with Gasteiger partial charge in [-0.05, 0) is 37.1 Å². The monoisotopic (exact) mass is 416 g/mol. The molecule has 0 aliphatic heterocycles. The van der Waals surface area contributed by atoms with E-state index >= 15 is 0 Å². The van der Waals surface area contributed by atoms with Gasteiger partial charge in [0.15, 0.2) is 0 Å². The van der Waals surface area contributed by atoms with Crippen LogP contribution >= 0.6 is 11.8 Å². The Hall–Kier alpha value is -3.27. The first-order valence-electron chi connectivity index (χ1n) is 8.69. The van der Waals surface area contributed by atoms with E-state index in [9.17, 15) is 19.3 Å². The van der Waals surface area contributed by atoms with E-state index in [4.69, 9.17) is 4.42 Å². The number of carbonyl (C=O) groups excluding carboxylic acids is 1. The Morgan fingerprint density at radius 1 is 1.28 bits per heavy atom. The van der Waals surface area contributed by atoms with Gasteiger partial charge in [-0.15, -0.1) is 10.2 Å². The second kappa shape index (κ2) is 9.28. The highest BCUT2D eigenvalue weighted by atomic mass is 32.2. The van der Waals surface area contributed by atoms with E-state index in [1.165, 1.54) is 30.3 Å². The normalized spacial score (nSPS) is 11.8. The lowest BCUT2D eigenvalue weighted by Crippen LogP contribution is -2.32. The summed E-state index contributed by atoms with van der Waals surface area (Å²) in [5, 5.41) is 21.2. The van der Waals surface area contributed by atoms with Crippen LogP contribution in [-0.4, -0.2) is 32.8 Å². The van der Waals surface area contributed by atoms with Crippen molar-refractivity contribution in [3.05, 3.63) is 70.0 Å². The predicted octanol–water partition coefficient (Wildman–Crippen LogP) is 3.62. The Balaban J connectivity index is 1.53. The summed E-state index contributed by atoms with van der Waals surface area (Å²) in [5.41, 5.74) is 1.27. The Morgan fingerprint density at radius 2 is 2.03 bits per heavy atom. The van der Waals surface area contributed by atoms with Gasteiger partial charge in [0, 0.05) is 24.2 Å². The van der Waals surface area contributed by atoms with Gasteiger partial charge in [-0.3, -0.25) is 14.9 Å². The first kappa shape index (κ1) is 20.5. The molecule has 0 bridgehead atoms. The number of nitrogens with one attached hydrogen (secondary N) is 1. The number of nitro benzene ring substituents is 1. The number of nitrogens with zero attached hydrogens (tertiary/aromatic N) is 3. The SMILES string of the molecule is C[C@@H](Sc1nnc(-c2cccc([N+](=O)[O-])c2)o1)C(=O)NCCc1ccc(F)cc1. The lowest BCUT2D eigenvalue weighted by Gasteiger charge is -2.09. The van der Waals surface area contributed by atoms with Crippen molar-refractivity contribution in [2.24, 2.45) is 0 Å². The zero-order chi connectivity index (χ0) is 20.8. The number of nitro groups is 1.